The van der Waals surface area contributed by atoms with Gasteiger partial charge in [0.15, 0.2) is 0 Å². The first-order valence-corrected chi connectivity index (χ1v) is 17.9. The molecular weight excluding hydrogens is 496 g/mol. The molecule has 0 aliphatic heterocycles. The van der Waals surface area contributed by atoms with Gasteiger partial charge in [-0.2, -0.15) is 0 Å². The standard InChI is InChI=1S/C30H30O5Si2/c1-36(2,27-19-15-23(16-20-27)29(31)33-25-11-7-5-8-12-25)35-37(3,4)28-21-17-24(18-22-28)30(32)34-26-13-9-6-10-14-26/h5-22H,1-4H3. The molecule has 0 spiro atoms. The van der Waals surface area contributed by atoms with Crippen LogP contribution in [0, 0.1) is 0 Å². The summed E-state index contributed by atoms with van der Waals surface area (Å²) in [4.78, 5) is 25.0. The van der Waals surface area contributed by atoms with Crippen molar-refractivity contribution in [3.05, 3.63) is 120 Å². The maximum Gasteiger partial charge on any atom is 0.343 e. The summed E-state index contributed by atoms with van der Waals surface area (Å²) in [6.07, 6.45) is 0. The molecule has 0 aliphatic carbocycles. The Balaban J connectivity index is 1.42. The molecule has 0 saturated carbocycles. The van der Waals surface area contributed by atoms with Crippen LogP contribution < -0.4 is 19.8 Å². The Kier molecular flexibility index (Phi) is 7.87. The quantitative estimate of drug-likeness (QED) is 0.168. The molecule has 0 radical (unpaired) electrons. The summed E-state index contributed by atoms with van der Waals surface area (Å²) in [7, 11) is -4.60. The van der Waals surface area contributed by atoms with E-state index in [9.17, 15) is 9.59 Å². The zero-order valence-corrected chi connectivity index (χ0v) is 23.4. The molecule has 37 heavy (non-hydrogen) atoms. The van der Waals surface area contributed by atoms with Gasteiger partial charge in [0.25, 0.3) is 0 Å². The van der Waals surface area contributed by atoms with Crippen LogP contribution in [0.2, 0.25) is 26.2 Å². The van der Waals surface area contributed by atoms with Gasteiger partial charge in [0.1, 0.15) is 11.5 Å². The normalized spacial score (nSPS) is 11.6. The molecule has 0 N–H and O–H groups in total. The van der Waals surface area contributed by atoms with Crippen molar-refractivity contribution in [3.8, 4) is 11.5 Å². The van der Waals surface area contributed by atoms with Gasteiger partial charge in [-0.3, -0.25) is 0 Å². The molecule has 5 nitrogen and oxygen atoms in total. The first-order valence-electron chi connectivity index (χ1n) is 12.1. The lowest BCUT2D eigenvalue weighted by atomic mass is 10.2. The minimum Gasteiger partial charge on any atom is -0.449 e. The van der Waals surface area contributed by atoms with E-state index in [4.69, 9.17) is 13.6 Å². The zero-order chi connectivity index (χ0) is 26.5. The largest absolute Gasteiger partial charge is 0.449 e. The highest BCUT2D eigenvalue weighted by molar-refractivity contribution is 6.96. The Morgan fingerprint density at radius 1 is 0.486 bits per heavy atom. The van der Waals surface area contributed by atoms with E-state index < -0.39 is 28.6 Å². The summed E-state index contributed by atoms with van der Waals surface area (Å²) in [6, 6.07) is 33.1. The predicted molar refractivity (Wildman–Crippen MR) is 151 cm³/mol. The van der Waals surface area contributed by atoms with Crippen molar-refractivity contribution in [1.29, 1.82) is 0 Å². The maximum atomic E-state index is 12.5. The monoisotopic (exact) mass is 526 g/mol. The second kappa shape index (κ2) is 11.1. The van der Waals surface area contributed by atoms with Gasteiger partial charge < -0.3 is 13.6 Å². The molecule has 0 saturated heterocycles. The van der Waals surface area contributed by atoms with E-state index in [2.05, 4.69) is 26.2 Å². The van der Waals surface area contributed by atoms with Gasteiger partial charge in [-0.25, -0.2) is 9.59 Å². The summed E-state index contributed by atoms with van der Waals surface area (Å²) in [5, 5.41) is 2.18. The fourth-order valence-electron chi connectivity index (χ4n) is 4.08. The van der Waals surface area contributed by atoms with Crippen molar-refractivity contribution in [1.82, 2.24) is 0 Å². The van der Waals surface area contributed by atoms with Crippen molar-refractivity contribution >= 4 is 38.9 Å². The highest BCUT2D eigenvalue weighted by Crippen LogP contribution is 2.18. The summed E-state index contributed by atoms with van der Waals surface area (Å²) < 4.78 is 17.7. The van der Waals surface area contributed by atoms with Crippen LogP contribution >= 0.6 is 0 Å². The van der Waals surface area contributed by atoms with Gasteiger partial charge in [0.05, 0.1) is 11.1 Å². The zero-order valence-electron chi connectivity index (χ0n) is 21.4. The molecule has 4 rings (SSSR count). The Labute approximate surface area is 219 Å². The molecular formula is C30H30O5Si2. The molecule has 0 fully saturated rings. The number of carbonyl (C=O) groups excluding carboxylic acids is 2. The number of hydrogen-bond donors (Lipinski definition) is 0. The van der Waals surface area contributed by atoms with E-state index in [1.54, 1.807) is 48.5 Å². The summed E-state index contributed by atoms with van der Waals surface area (Å²) in [6.45, 7) is 8.63. The van der Waals surface area contributed by atoms with Gasteiger partial charge in [-0.15, -0.1) is 0 Å². The van der Waals surface area contributed by atoms with E-state index in [0.717, 1.165) is 10.4 Å². The van der Waals surface area contributed by atoms with Crippen LogP contribution in [0.1, 0.15) is 20.7 Å². The number of esters is 2. The van der Waals surface area contributed by atoms with Crippen LogP contribution in [0.3, 0.4) is 0 Å². The number of benzene rings is 4. The van der Waals surface area contributed by atoms with Crippen LogP contribution in [0.5, 0.6) is 11.5 Å². The number of carbonyl (C=O) groups is 2. The number of rotatable bonds is 8. The smallest absolute Gasteiger partial charge is 0.343 e. The first kappa shape index (κ1) is 26.3. The SMILES string of the molecule is C[Si](C)(O[Si](C)(C)c1ccc(C(=O)Oc2ccccc2)cc1)c1ccc(C(=O)Oc2ccccc2)cc1. The van der Waals surface area contributed by atoms with Crippen LogP contribution in [0.4, 0.5) is 0 Å². The second-order valence-corrected chi connectivity index (χ2v) is 17.7. The lowest BCUT2D eigenvalue weighted by Crippen LogP contribution is -2.57. The fraction of sp³-hybridized carbons (Fsp3) is 0.133. The van der Waals surface area contributed by atoms with Crippen molar-refractivity contribution in [2.24, 2.45) is 0 Å². The third-order valence-corrected chi connectivity index (χ3v) is 13.6. The topological polar surface area (TPSA) is 61.8 Å². The van der Waals surface area contributed by atoms with Crippen LogP contribution in [-0.2, 0) is 4.12 Å². The van der Waals surface area contributed by atoms with Gasteiger partial charge in [0.2, 0.25) is 16.6 Å². The second-order valence-electron chi connectivity index (χ2n) is 9.68. The maximum absolute atomic E-state index is 12.5. The molecule has 0 amide bonds. The Hall–Kier alpha value is -3.79. The Morgan fingerprint density at radius 2 is 0.811 bits per heavy atom. The van der Waals surface area contributed by atoms with E-state index in [0.29, 0.717) is 22.6 Å². The third kappa shape index (κ3) is 6.71. The van der Waals surface area contributed by atoms with E-state index in [1.807, 2.05) is 60.7 Å². The van der Waals surface area contributed by atoms with E-state index >= 15 is 0 Å². The van der Waals surface area contributed by atoms with Gasteiger partial charge in [0, 0.05) is 0 Å². The van der Waals surface area contributed by atoms with Gasteiger partial charge in [-0.1, -0.05) is 60.7 Å². The summed E-state index contributed by atoms with van der Waals surface area (Å²) >= 11 is 0. The highest BCUT2D eigenvalue weighted by Gasteiger charge is 2.36. The molecule has 0 aromatic heterocycles. The molecule has 4 aromatic carbocycles. The van der Waals surface area contributed by atoms with Crippen LogP contribution in [-0.4, -0.2) is 28.6 Å². The molecule has 0 aliphatic rings. The minimum atomic E-state index is -2.30. The molecule has 0 unspecified atom stereocenters. The summed E-state index contributed by atoms with van der Waals surface area (Å²) in [5.41, 5.74) is 0.985. The third-order valence-electron chi connectivity index (χ3n) is 6.05. The van der Waals surface area contributed by atoms with Crippen LogP contribution in [0.15, 0.2) is 109 Å². The molecule has 7 heteroatoms. The summed E-state index contributed by atoms with van der Waals surface area (Å²) in [5.74, 6) is 0.251. The van der Waals surface area contributed by atoms with Crippen molar-refractivity contribution in [2.75, 3.05) is 0 Å². The lowest BCUT2D eigenvalue weighted by Gasteiger charge is -2.34. The average molecular weight is 527 g/mol. The first-order chi connectivity index (χ1) is 17.6. The Bertz CT molecular complexity index is 1240. The van der Waals surface area contributed by atoms with Gasteiger partial charge in [-0.05, 0) is 85.1 Å². The molecule has 188 valence electrons. The fourth-order valence-corrected chi connectivity index (χ4v) is 12.1. The van der Waals surface area contributed by atoms with Crippen molar-refractivity contribution in [2.45, 2.75) is 26.2 Å². The van der Waals surface area contributed by atoms with E-state index in [1.165, 1.54) is 0 Å². The van der Waals surface area contributed by atoms with Crippen molar-refractivity contribution in [3.63, 3.8) is 0 Å². The number of hydrogen-bond acceptors (Lipinski definition) is 5. The van der Waals surface area contributed by atoms with Crippen molar-refractivity contribution < 1.29 is 23.2 Å². The number of ether oxygens (including phenoxy) is 2. The molecule has 0 bridgehead atoms. The predicted octanol–water partition coefficient (Wildman–Crippen LogP) is 5.67. The number of para-hydroxylation sites is 2. The van der Waals surface area contributed by atoms with Crippen LogP contribution in [0.25, 0.3) is 0 Å². The molecule has 0 heterocycles. The molecule has 0 atom stereocenters. The highest BCUT2D eigenvalue weighted by atomic mass is 28.4. The lowest BCUT2D eigenvalue weighted by molar-refractivity contribution is 0.0725. The molecule has 4 aromatic rings. The minimum absolute atomic E-state index is 0.390. The van der Waals surface area contributed by atoms with E-state index in [-0.39, 0.29) is 0 Å². The van der Waals surface area contributed by atoms with Gasteiger partial charge >= 0.3 is 11.9 Å². The average Bonchev–Trinajstić information content (AvgIpc) is 2.89. The Morgan fingerprint density at radius 3 is 1.14 bits per heavy atom.